The summed E-state index contributed by atoms with van der Waals surface area (Å²) in [6.45, 7) is 5.64. The molecule has 1 fully saturated rings. The zero-order chi connectivity index (χ0) is 14.2. The van der Waals surface area contributed by atoms with Gasteiger partial charge in [-0.25, -0.2) is 8.42 Å². The van der Waals surface area contributed by atoms with Crippen molar-refractivity contribution in [3.8, 4) is 0 Å². The van der Waals surface area contributed by atoms with Gasteiger partial charge in [0.25, 0.3) is 10.0 Å². The molecule has 19 heavy (non-hydrogen) atoms. The first-order valence-corrected chi connectivity index (χ1v) is 7.98. The van der Waals surface area contributed by atoms with Crippen LogP contribution in [0.25, 0.3) is 0 Å². The summed E-state index contributed by atoms with van der Waals surface area (Å²) >= 11 is 0. The van der Waals surface area contributed by atoms with Crippen molar-refractivity contribution in [2.45, 2.75) is 51.3 Å². The minimum Gasteiger partial charge on any atom is -0.392 e. The maximum absolute atomic E-state index is 12.7. The van der Waals surface area contributed by atoms with Crippen molar-refractivity contribution in [1.29, 1.82) is 0 Å². The van der Waals surface area contributed by atoms with Crippen LogP contribution in [0.4, 0.5) is 0 Å². The van der Waals surface area contributed by atoms with Crippen LogP contribution in [0.3, 0.4) is 0 Å². The second-order valence-electron chi connectivity index (χ2n) is 5.40. The summed E-state index contributed by atoms with van der Waals surface area (Å²) < 4.78 is 26.8. The standard InChI is InChI=1S/C12H21N3O3S/c1-8(2)15(6-10-4-5-10)19(17,18)12-11(7-16)9(3)13-14-12/h8,10,16H,4-7H2,1-3H3,(H,13,14). The molecule has 7 heteroatoms. The molecule has 1 aliphatic carbocycles. The fourth-order valence-electron chi connectivity index (χ4n) is 2.08. The van der Waals surface area contributed by atoms with Crippen LogP contribution in [0.15, 0.2) is 5.03 Å². The van der Waals surface area contributed by atoms with E-state index in [1.165, 1.54) is 4.31 Å². The molecule has 0 unspecified atom stereocenters. The van der Waals surface area contributed by atoms with Crippen molar-refractivity contribution in [3.63, 3.8) is 0 Å². The molecular weight excluding hydrogens is 266 g/mol. The van der Waals surface area contributed by atoms with Gasteiger partial charge in [-0.2, -0.15) is 9.40 Å². The Labute approximate surface area is 113 Å². The number of nitrogens with zero attached hydrogens (tertiary/aromatic N) is 2. The number of hydrogen-bond acceptors (Lipinski definition) is 4. The summed E-state index contributed by atoms with van der Waals surface area (Å²) in [5.74, 6) is 0.467. The van der Waals surface area contributed by atoms with Crippen LogP contribution in [0.2, 0.25) is 0 Å². The maximum Gasteiger partial charge on any atom is 0.262 e. The van der Waals surface area contributed by atoms with Gasteiger partial charge in [0, 0.05) is 23.8 Å². The van der Waals surface area contributed by atoms with E-state index >= 15 is 0 Å². The molecule has 0 amide bonds. The van der Waals surface area contributed by atoms with Crippen LogP contribution >= 0.6 is 0 Å². The number of aromatic nitrogens is 2. The zero-order valence-corrected chi connectivity index (χ0v) is 12.4. The number of sulfonamides is 1. The Morgan fingerprint density at radius 2 is 2.11 bits per heavy atom. The Morgan fingerprint density at radius 1 is 1.47 bits per heavy atom. The van der Waals surface area contributed by atoms with E-state index in [1.54, 1.807) is 6.92 Å². The van der Waals surface area contributed by atoms with Gasteiger partial charge >= 0.3 is 0 Å². The van der Waals surface area contributed by atoms with E-state index in [0.29, 0.717) is 23.7 Å². The SMILES string of the molecule is Cc1[nH]nc(S(=O)(=O)N(CC2CC2)C(C)C)c1CO. The second kappa shape index (κ2) is 5.22. The van der Waals surface area contributed by atoms with Crippen molar-refractivity contribution in [3.05, 3.63) is 11.3 Å². The molecule has 0 spiro atoms. The van der Waals surface area contributed by atoms with Crippen LogP contribution in [0.5, 0.6) is 0 Å². The topological polar surface area (TPSA) is 86.3 Å². The third-order valence-electron chi connectivity index (χ3n) is 3.46. The van der Waals surface area contributed by atoms with Crippen LogP contribution in [0, 0.1) is 12.8 Å². The molecule has 2 rings (SSSR count). The Kier molecular flexibility index (Phi) is 3.98. The molecule has 108 valence electrons. The Hall–Kier alpha value is -0.920. The molecule has 1 aromatic heterocycles. The number of aliphatic hydroxyl groups excluding tert-OH is 1. The Morgan fingerprint density at radius 3 is 2.58 bits per heavy atom. The lowest BCUT2D eigenvalue weighted by atomic mass is 10.3. The van der Waals surface area contributed by atoms with Gasteiger partial charge in [0.2, 0.25) is 0 Å². The quantitative estimate of drug-likeness (QED) is 0.818. The largest absolute Gasteiger partial charge is 0.392 e. The van der Waals surface area contributed by atoms with Gasteiger partial charge in [0.05, 0.1) is 6.61 Å². The van der Waals surface area contributed by atoms with Crippen molar-refractivity contribution in [2.75, 3.05) is 6.54 Å². The van der Waals surface area contributed by atoms with Crippen LogP contribution in [0.1, 0.15) is 37.9 Å². The highest BCUT2D eigenvalue weighted by Gasteiger charge is 2.36. The van der Waals surface area contributed by atoms with Crippen molar-refractivity contribution >= 4 is 10.0 Å². The first-order valence-electron chi connectivity index (χ1n) is 6.54. The first kappa shape index (κ1) is 14.5. The molecule has 0 aliphatic heterocycles. The number of hydrogen-bond donors (Lipinski definition) is 2. The van der Waals surface area contributed by atoms with Gasteiger partial charge < -0.3 is 5.11 Å². The third kappa shape index (κ3) is 2.82. The minimum absolute atomic E-state index is 0.0400. The summed E-state index contributed by atoms with van der Waals surface area (Å²) in [4.78, 5) is 0. The lowest BCUT2D eigenvalue weighted by Crippen LogP contribution is -2.39. The molecular formula is C12H21N3O3S. The molecule has 1 saturated carbocycles. The van der Waals surface area contributed by atoms with Crippen LogP contribution in [-0.4, -0.2) is 40.6 Å². The molecule has 1 aromatic rings. The van der Waals surface area contributed by atoms with Gasteiger partial charge in [-0.15, -0.1) is 0 Å². The van der Waals surface area contributed by atoms with Crippen molar-refractivity contribution < 1.29 is 13.5 Å². The molecule has 6 nitrogen and oxygen atoms in total. The van der Waals surface area contributed by atoms with E-state index in [0.717, 1.165) is 12.8 Å². The van der Waals surface area contributed by atoms with Crippen LogP contribution in [-0.2, 0) is 16.6 Å². The minimum atomic E-state index is -3.65. The first-order chi connectivity index (χ1) is 8.87. The maximum atomic E-state index is 12.7. The highest BCUT2D eigenvalue weighted by Crippen LogP contribution is 2.33. The highest BCUT2D eigenvalue weighted by atomic mass is 32.2. The normalized spacial score (nSPS) is 16.5. The van der Waals surface area contributed by atoms with Gasteiger partial charge in [-0.05, 0) is 39.5 Å². The van der Waals surface area contributed by atoms with Crippen LogP contribution < -0.4 is 0 Å². The van der Waals surface area contributed by atoms with E-state index in [4.69, 9.17) is 0 Å². The van der Waals surface area contributed by atoms with E-state index in [1.807, 2.05) is 13.8 Å². The van der Waals surface area contributed by atoms with Gasteiger partial charge in [-0.3, -0.25) is 5.10 Å². The number of nitrogens with one attached hydrogen (secondary N) is 1. The summed E-state index contributed by atoms with van der Waals surface area (Å²) in [5.41, 5.74) is 0.956. The summed E-state index contributed by atoms with van der Waals surface area (Å²) in [6, 6.07) is -0.117. The van der Waals surface area contributed by atoms with Gasteiger partial charge in [0.15, 0.2) is 5.03 Å². The summed E-state index contributed by atoms with van der Waals surface area (Å²) in [6.07, 6.45) is 2.18. The highest BCUT2D eigenvalue weighted by molar-refractivity contribution is 7.89. The number of aromatic amines is 1. The van der Waals surface area contributed by atoms with Gasteiger partial charge in [0.1, 0.15) is 0 Å². The molecule has 1 heterocycles. The molecule has 0 saturated heterocycles. The number of H-pyrrole nitrogens is 1. The molecule has 0 atom stereocenters. The summed E-state index contributed by atoms with van der Waals surface area (Å²) in [5, 5.41) is 15.8. The van der Waals surface area contributed by atoms with Crippen molar-refractivity contribution in [2.24, 2.45) is 5.92 Å². The average molecular weight is 287 g/mol. The van der Waals surface area contributed by atoms with E-state index < -0.39 is 10.0 Å². The number of rotatable bonds is 6. The average Bonchev–Trinajstić information content (AvgIpc) is 3.07. The lowest BCUT2D eigenvalue weighted by molar-refractivity contribution is 0.276. The fraction of sp³-hybridized carbons (Fsp3) is 0.750. The predicted molar refractivity (Wildman–Crippen MR) is 71.0 cm³/mol. The summed E-state index contributed by atoms with van der Waals surface area (Å²) in [7, 11) is -3.65. The fourth-order valence-corrected chi connectivity index (χ4v) is 3.96. The number of aliphatic hydroxyl groups is 1. The lowest BCUT2D eigenvalue weighted by Gasteiger charge is -2.25. The number of aryl methyl sites for hydroxylation is 1. The molecule has 0 radical (unpaired) electrons. The van der Waals surface area contributed by atoms with E-state index in [-0.39, 0.29) is 17.7 Å². The molecule has 2 N–H and O–H groups in total. The second-order valence-corrected chi connectivity index (χ2v) is 7.21. The molecule has 1 aliphatic rings. The monoisotopic (exact) mass is 287 g/mol. The Bertz CT molecular complexity index is 547. The third-order valence-corrected chi connectivity index (χ3v) is 5.47. The molecule has 0 bridgehead atoms. The zero-order valence-electron chi connectivity index (χ0n) is 11.5. The predicted octanol–water partition coefficient (Wildman–Crippen LogP) is 1.02. The Balaban J connectivity index is 2.37. The van der Waals surface area contributed by atoms with Gasteiger partial charge in [-0.1, -0.05) is 0 Å². The smallest absolute Gasteiger partial charge is 0.262 e. The molecule has 0 aromatic carbocycles. The van der Waals surface area contributed by atoms with E-state index in [9.17, 15) is 13.5 Å². The van der Waals surface area contributed by atoms with Crippen molar-refractivity contribution in [1.82, 2.24) is 14.5 Å². The van der Waals surface area contributed by atoms with E-state index in [2.05, 4.69) is 10.2 Å².